The van der Waals surface area contributed by atoms with Gasteiger partial charge in [0.25, 0.3) is 5.88 Å². The lowest BCUT2D eigenvalue weighted by Crippen LogP contribution is -2.43. The predicted molar refractivity (Wildman–Crippen MR) is 127 cm³/mol. The zero-order chi connectivity index (χ0) is 24.5. The largest absolute Gasteiger partial charge is 0.433 e. The molecule has 8 nitrogen and oxygen atoms in total. The highest BCUT2D eigenvalue weighted by atomic mass is 19.1. The molecule has 1 aliphatic rings. The van der Waals surface area contributed by atoms with Gasteiger partial charge in [0.1, 0.15) is 12.1 Å². The molecular formula is C24H24F3N7O. The number of hydrogen-bond donors (Lipinski definition) is 2. The van der Waals surface area contributed by atoms with Crippen LogP contribution in [0.5, 0.6) is 11.6 Å². The third-order valence-electron chi connectivity index (χ3n) is 6.00. The number of ether oxygens (including phenoxy) is 1. The van der Waals surface area contributed by atoms with Crippen molar-refractivity contribution in [2.75, 3.05) is 36.4 Å². The van der Waals surface area contributed by atoms with Crippen LogP contribution < -0.4 is 20.3 Å². The van der Waals surface area contributed by atoms with Crippen molar-refractivity contribution in [2.24, 2.45) is 0 Å². The number of piperazine rings is 1. The SMILES string of the molecule is CCn1c(C)cc2c(F)c(Oc3ncnc(Nc4ccc(N5CCNCC5)cn4)c3F)cc(F)c21. The molecule has 4 heterocycles. The quantitative estimate of drug-likeness (QED) is 0.418. The highest BCUT2D eigenvalue weighted by molar-refractivity contribution is 5.84. The summed E-state index contributed by atoms with van der Waals surface area (Å²) < 4.78 is 52.1. The van der Waals surface area contributed by atoms with E-state index in [1.807, 2.05) is 13.0 Å². The fraction of sp³-hybridized carbons (Fsp3) is 0.292. The van der Waals surface area contributed by atoms with Gasteiger partial charge >= 0.3 is 0 Å². The van der Waals surface area contributed by atoms with Crippen LogP contribution in [0.25, 0.3) is 10.9 Å². The van der Waals surface area contributed by atoms with Crippen LogP contribution in [0.2, 0.25) is 0 Å². The Bertz CT molecular complexity index is 1370. The van der Waals surface area contributed by atoms with Gasteiger partial charge in [-0.2, -0.15) is 9.37 Å². The highest BCUT2D eigenvalue weighted by Gasteiger charge is 2.21. The van der Waals surface area contributed by atoms with Crippen molar-refractivity contribution in [1.82, 2.24) is 24.8 Å². The van der Waals surface area contributed by atoms with Crippen LogP contribution in [-0.4, -0.2) is 45.7 Å². The summed E-state index contributed by atoms with van der Waals surface area (Å²) in [5.74, 6) is -3.27. The molecule has 35 heavy (non-hydrogen) atoms. The minimum atomic E-state index is -0.956. The lowest BCUT2D eigenvalue weighted by Gasteiger charge is -2.29. The molecule has 182 valence electrons. The first kappa shape index (κ1) is 22.9. The van der Waals surface area contributed by atoms with Gasteiger partial charge in [-0.3, -0.25) is 0 Å². The molecule has 1 saturated heterocycles. The van der Waals surface area contributed by atoms with Crippen LogP contribution in [0.3, 0.4) is 0 Å². The molecule has 1 fully saturated rings. The second kappa shape index (κ2) is 9.41. The van der Waals surface area contributed by atoms with Crippen molar-refractivity contribution in [3.63, 3.8) is 0 Å². The van der Waals surface area contributed by atoms with Gasteiger partial charge in [0.05, 0.1) is 17.4 Å². The first-order valence-electron chi connectivity index (χ1n) is 11.3. The van der Waals surface area contributed by atoms with E-state index >= 15 is 8.78 Å². The molecule has 0 spiro atoms. The number of nitrogens with zero attached hydrogens (tertiary/aromatic N) is 5. The van der Waals surface area contributed by atoms with E-state index in [4.69, 9.17) is 4.74 Å². The van der Waals surface area contributed by atoms with Crippen molar-refractivity contribution in [1.29, 1.82) is 0 Å². The van der Waals surface area contributed by atoms with E-state index in [2.05, 4.69) is 30.5 Å². The molecule has 4 aromatic rings. The molecule has 0 unspecified atom stereocenters. The predicted octanol–water partition coefficient (Wildman–Crippen LogP) is 4.52. The topological polar surface area (TPSA) is 80.1 Å². The third-order valence-corrected chi connectivity index (χ3v) is 6.00. The molecular weight excluding hydrogens is 459 g/mol. The molecule has 0 atom stereocenters. The molecule has 11 heteroatoms. The summed E-state index contributed by atoms with van der Waals surface area (Å²) in [5.41, 5.74) is 1.80. The second-order valence-electron chi connectivity index (χ2n) is 8.17. The Morgan fingerprint density at radius 3 is 2.57 bits per heavy atom. The minimum Gasteiger partial charge on any atom is -0.433 e. The summed E-state index contributed by atoms with van der Waals surface area (Å²) in [5, 5.41) is 6.13. The van der Waals surface area contributed by atoms with E-state index in [1.165, 1.54) is 6.07 Å². The Balaban J connectivity index is 1.39. The zero-order valence-corrected chi connectivity index (χ0v) is 19.3. The Kier molecular flexibility index (Phi) is 6.16. The van der Waals surface area contributed by atoms with E-state index in [0.717, 1.165) is 44.3 Å². The molecule has 5 rings (SSSR count). The number of fused-ring (bicyclic) bond motifs is 1. The number of benzene rings is 1. The lowest BCUT2D eigenvalue weighted by molar-refractivity contribution is 0.397. The summed E-state index contributed by atoms with van der Waals surface area (Å²) >= 11 is 0. The smallest absolute Gasteiger partial charge is 0.261 e. The molecule has 0 radical (unpaired) electrons. The van der Waals surface area contributed by atoms with E-state index in [9.17, 15) is 4.39 Å². The summed E-state index contributed by atoms with van der Waals surface area (Å²) in [6.07, 6.45) is 2.77. The van der Waals surface area contributed by atoms with E-state index in [-0.39, 0.29) is 16.7 Å². The molecule has 0 saturated carbocycles. The van der Waals surface area contributed by atoms with Crippen LogP contribution in [0, 0.1) is 24.4 Å². The number of pyridine rings is 1. The monoisotopic (exact) mass is 483 g/mol. The van der Waals surface area contributed by atoms with Crippen LogP contribution in [0.15, 0.2) is 36.8 Å². The van der Waals surface area contributed by atoms with Gasteiger partial charge in [-0.15, -0.1) is 0 Å². The maximum Gasteiger partial charge on any atom is 0.261 e. The fourth-order valence-corrected chi connectivity index (χ4v) is 4.27. The number of nitrogens with one attached hydrogen (secondary N) is 2. The van der Waals surface area contributed by atoms with Crippen LogP contribution in [-0.2, 0) is 6.54 Å². The summed E-state index contributed by atoms with van der Waals surface area (Å²) in [6, 6.07) is 6.02. The molecule has 1 aliphatic heterocycles. The fourth-order valence-electron chi connectivity index (χ4n) is 4.27. The van der Waals surface area contributed by atoms with Gasteiger partial charge < -0.3 is 24.8 Å². The Labute approximate surface area is 199 Å². The van der Waals surface area contributed by atoms with Crippen LogP contribution in [0.1, 0.15) is 12.6 Å². The van der Waals surface area contributed by atoms with Gasteiger partial charge in [-0.05, 0) is 32.0 Å². The molecule has 0 bridgehead atoms. The van der Waals surface area contributed by atoms with Crippen LogP contribution in [0.4, 0.5) is 30.5 Å². The van der Waals surface area contributed by atoms with Gasteiger partial charge in [0.2, 0.25) is 5.82 Å². The highest BCUT2D eigenvalue weighted by Crippen LogP contribution is 2.35. The molecule has 3 aromatic heterocycles. The summed E-state index contributed by atoms with van der Waals surface area (Å²) in [6.45, 7) is 7.63. The second-order valence-corrected chi connectivity index (χ2v) is 8.17. The average Bonchev–Trinajstić information content (AvgIpc) is 3.22. The lowest BCUT2D eigenvalue weighted by atomic mass is 10.2. The van der Waals surface area contributed by atoms with Gasteiger partial charge in [-0.25, -0.2) is 18.7 Å². The number of anilines is 3. The van der Waals surface area contributed by atoms with Gasteiger partial charge in [0, 0.05) is 49.9 Å². The summed E-state index contributed by atoms with van der Waals surface area (Å²) in [7, 11) is 0. The standard InChI is InChI=1S/C24H24F3N7O/c1-3-34-14(2)10-16-20(26)18(11-17(25)22(16)34)35-24-21(27)23(30-13-31-24)32-19-5-4-15(12-29-19)33-8-6-28-7-9-33/h4-5,10-13,28H,3,6-9H2,1-2H3,(H,29,30,31,32). The summed E-state index contributed by atoms with van der Waals surface area (Å²) in [4.78, 5) is 14.2. The average molecular weight is 483 g/mol. The van der Waals surface area contributed by atoms with Crippen molar-refractivity contribution >= 4 is 28.2 Å². The molecule has 0 amide bonds. The van der Waals surface area contributed by atoms with Crippen molar-refractivity contribution in [3.8, 4) is 11.6 Å². The zero-order valence-electron chi connectivity index (χ0n) is 19.3. The minimum absolute atomic E-state index is 0.0564. The normalized spacial score (nSPS) is 13.9. The number of aromatic nitrogens is 4. The Hall–Kier alpha value is -3.86. The van der Waals surface area contributed by atoms with Gasteiger partial charge in [-0.1, -0.05) is 0 Å². The number of halogens is 3. The molecule has 0 aliphatic carbocycles. The first-order chi connectivity index (χ1) is 17.0. The maximum atomic E-state index is 15.1. The number of hydrogen-bond acceptors (Lipinski definition) is 7. The van der Waals surface area contributed by atoms with E-state index in [1.54, 1.807) is 23.8 Å². The van der Waals surface area contributed by atoms with Gasteiger partial charge in [0.15, 0.2) is 23.2 Å². The van der Waals surface area contributed by atoms with E-state index in [0.29, 0.717) is 18.1 Å². The molecule has 1 aromatic carbocycles. The Morgan fingerprint density at radius 1 is 1.06 bits per heavy atom. The van der Waals surface area contributed by atoms with E-state index < -0.39 is 29.1 Å². The van der Waals surface area contributed by atoms with Crippen molar-refractivity contribution in [3.05, 3.63) is 59.9 Å². The third kappa shape index (κ3) is 4.34. The number of rotatable bonds is 6. The van der Waals surface area contributed by atoms with Crippen LogP contribution >= 0.6 is 0 Å². The molecule has 2 N–H and O–H groups in total. The Morgan fingerprint density at radius 2 is 1.86 bits per heavy atom. The van der Waals surface area contributed by atoms with Crippen molar-refractivity contribution < 1.29 is 17.9 Å². The first-order valence-corrected chi connectivity index (χ1v) is 11.3. The number of aryl methyl sites for hydroxylation is 2. The maximum absolute atomic E-state index is 15.1. The van der Waals surface area contributed by atoms with Crippen molar-refractivity contribution in [2.45, 2.75) is 20.4 Å².